The zero-order valence-corrected chi connectivity index (χ0v) is 22.0. The number of aliphatic hydroxyl groups is 1. The monoisotopic (exact) mass is 523 g/mol. The smallest absolute Gasteiger partial charge is 0.300 e. The summed E-state index contributed by atoms with van der Waals surface area (Å²) < 4.78 is 5.84. The van der Waals surface area contributed by atoms with Crippen molar-refractivity contribution in [3.8, 4) is 5.75 Å². The summed E-state index contributed by atoms with van der Waals surface area (Å²) in [6.45, 7) is 8.49. The van der Waals surface area contributed by atoms with Crippen molar-refractivity contribution in [2.75, 3.05) is 11.5 Å². The molecule has 1 unspecified atom stereocenters. The second kappa shape index (κ2) is 10.4. The third kappa shape index (κ3) is 4.99. The summed E-state index contributed by atoms with van der Waals surface area (Å²) in [5, 5.41) is 12.0. The Balaban J connectivity index is 1.87. The van der Waals surface area contributed by atoms with E-state index < -0.39 is 17.7 Å². The average molecular weight is 524 g/mol. The zero-order valence-electron chi connectivity index (χ0n) is 20.5. The number of nitrogens with zero attached hydrogens (tertiary/aromatic N) is 1. The minimum Gasteiger partial charge on any atom is -0.507 e. The van der Waals surface area contributed by atoms with Gasteiger partial charge >= 0.3 is 0 Å². The number of rotatable bonds is 6. The Morgan fingerprint density at radius 1 is 0.972 bits per heavy atom. The van der Waals surface area contributed by atoms with Crippen molar-refractivity contribution in [2.45, 2.75) is 33.7 Å². The van der Waals surface area contributed by atoms with Gasteiger partial charge in [0.05, 0.1) is 28.3 Å². The number of amides is 1. The van der Waals surface area contributed by atoms with E-state index in [0.717, 1.165) is 11.1 Å². The van der Waals surface area contributed by atoms with Crippen molar-refractivity contribution in [2.24, 2.45) is 5.92 Å². The molecule has 7 heteroatoms. The molecule has 1 aliphatic heterocycles. The molecule has 36 heavy (non-hydrogen) atoms. The maximum Gasteiger partial charge on any atom is 0.300 e. The number of ether oxygens (including phenoxy) is 1. The number of ketones is 1. The summed E-state index contributed by atoms with van der Waals surface area (Å²) in [7, 11) is 0. The van der Waals surface area contributed by atoms with Crippen LogP contribution in [0.3, 0.4) is 0 Å². The largest absolute Gasteiger partial charge is 0.507 e. The number of benzene rings is 3. The number of aryl methyl sites for hydroxylation is 2. The van der Waals surface area contributed by atoms with Gasteiger partial charge in [0.1, 0.15) is 11.5 Å². The molecule has 1 heterocycles. The lowest BCUT2D eigenvalue weighted by molar-refractivity contribution is -0.132. The van der Waals surface area contributed by atoms with Gasteiger partial charge in [-0.2, -0.15) is 0 Å². The van der Waals surface area contributed by atoms with Gasteiger partial charge in [-0.15, -0.1) is 0 Å². The lowest BCUT2D eigenvalue weighted by Gasteiger charge is -2.26. The zero-order chi connectivity index (χ0) is 26.1. The highest BCUT2D eigenvalue weighted by Gasteiger charge is 2.47. The molecule has 1 atom stereocenters. The predicted octanol–water partition coefficient (Wildman–Crippen LogP) is 7.27. The summed E-state index contributed by atoms with van der Waals surface area (Å²) in [4.78, 5) is 28.0. The first kappa shape index (κ1) is 25.8. The van der Waals surface area contributed by atoms with Crippen LogP contribution in [0.5, 0.6) is 5.75 Å². The van der Waals surface area contributed by atoms with Crippen molar-refractivity contribution in [1.82, 2.24) is 0 Å². The van der Waals surface area contributed by atoms with Crippen LogP contribution in [0.4, 0.5) is 5.69 Å². The van der Waals surface area contributed by atoms with E-state index in [2.05, 4.69) is 13.8 Å². The highest BCUT2D eigenvalue weighted by molar-refractivity contribution is 6.51. The lowest BCUT2D eigenvalue weighted by Crippen LogP contribution is -2.29. The average Bonchev–Trinajstić information content (AvgIpc) is 3.10. The van der Waals surface area contributed by atoms with Gasteiger partial charge in [0.25, 0.3) is 11.7 Å². The van der Waals surface area contributed by atoms with Crippen molar-refractivity contribution >= 4 is 46.3 Å². The normalized spacial score (nSPS) is 17.2. The Morgan fingerprint density at radius 3 is 2.28 bits per heavy atom. The number of halogens is 2. The topological polar surface area (TPSA) is 66.8 Å². The fraction of sp³-hybridized carbons (Fsp3) is 0.241. The second-order valence-electron chi connectivity index (χ2n) is 9.36. The Bertz CT molecular complexity index is 1360. The molecule has 1 fully saturated rings. The van der Waals surface area contributed by atoms with Crippen LogP contribution in [0.1, 0.15) is 42.1 Å². The second-order valence-corrected chi connectivity index (χ2v) is 10.2. The first-order chi connectivity index (χ1) is 17.1. The van der Waals surface area contributed by atoms with Crippen LogP contribution < -0.4 is 9.64 Å². The number of carbonyl (C=O) groups excluding carboxylic acids is 2. The van der Waals surface area contributed by atoms with Crippen LogP contribution in [-0.2, 0) is 9.59 Å². The minimum atomic E-state index is -0.889. The Labute approximate surface area is 220 Å². The number of anilines is 1. The summed E-state index contributed by atoms with van der Waals surface area (Å²) in [5.41, 5.74) is 3.30. The van der Waals surface area contributed by atoms with E-state index in [9.17, 15) is 14.7 Å². The number of hydrogen-bond acceptors (Lipinski definition) is 4. The third-order valence-corrected chi connectivity index (χ3v) is 6.78. The lowest BCUT2D eigenvalue weighted by atomic mass is 9.94. The highest BCUT2D eigenvalue weighted by Crippen LogP contribution is 2.43. The molecule has 186 valence electrons. The maximum atomic E-state index is 13.3. The molecular formula is C29H27Cl2NO4. The molecule has 4 rings (SSSR count). The van der Waals surface area contributed by atoms with Crippen LogP contribution in [0.15, 0.2) is 66.2 Å². The van der Waals surface area contributed by atoms with Gasteiger partial charge in [0.15, 0.2) is 0 Å². The van der Waals surface area contributed by atoms with Crippen LogP contribution in [0.2, 0.25) is 10.0 Å². The third-order valence-electron chi connectivity index (χ3n) is 6.04. The van der Waals surface area contributed by atoms with Gasteiger partial charge < -0.3 is 9.84 Å². The molecule has 0 bridgehead atoms. The van der Waals surface area contributed by atoms with Crippen LogP contribution in [0.25, 0.3) is 5.76 Å². The number of carbonyl (C=O) groups is 2. The minimum absolute atomic E-state index is 0.0192. The first-order valence-electron chi connectivity index (χ1n) is 11.6. The van der Waals surface area contributed by atoms with Crippen molar-refractivity contribution in [1.29, 1.82) is 0 Å². The summed E-state index contributed by atoms with van der Waals surface area (Å²) in [5.74, 6) is -0.715. The summed E-state index contributed by atoms with van der Waals surface area (Å²) in [6, 6.07) is 16.5. The molecule has 1 aliphatic rings. The van der Waals surface area contributed by atoms with Crippen LogP contribution >= 0.6 is 23.2 Å². The standard InChI is InChI=1S/C29H27Cl2NO4/c1-16(2)15-36-24-12-8-20(13-18(24)4)27(33)25-26(19-7-11-22(30)23(31)14-19)32(29(35)28(25)34)21-9-5-17(3)6-10-21/h5-14,16,26,33H,15H2,1-4H3/b27-25-. The van der Waals surface area contributed by atoms with Gasteiger partial charge in [0.2, 0.25) is 0 Å². The quantitative estimate of drug-likeness (QED) is 0.209. The SMILES string of the molecule is Cc1ccc(N2C(=O)C(=O)/C(=C(\O)c3ccc(OCC(C)C)c(C)c3)C2c2ccc(Cl)c(Cl)c2)cc1. The molecule has 1 saturated heterocycles. The number of Topliss-reactive ketones (excluding diaryl/α,β-unsaturated/α-hetero) is 1. The summed E-state index contributed by atoms with van der Waals surface area (Å²) in [6.07, 6.45) is 0. The van der Waals surface area contributed by atoms with E-state index in [1.54, 1.807) is 48.5 Å². The van der Waals surface area contributed by atoms with Gasteiger partial charge in [-0.3, -0.25) is 14.5 Å². The van der Waals surface area contributed by atoms with E-state index >= 15 is 0 Å². The number of aliphatic hydroxyl groups excluding tert-OH is 1. The van der Waals surface area contributed by atoms with Gasteiger partial charge in [0, 0.05) is 11.3 Å². The fourth-order valence-corrected chi connectivity index (χ4v) is 4.48. The molecule has 0 spiro atoms. The van der Waals surface area contributed by atoms with Crippen LogP contribution in [-0.4, -0.2) is 23.4 Å². The molecular weight excluding hydrogens is 497 g/mol. The molecule has 1 N–H and O–H groups in total. The van der Waals surface area contributed by atoms with Crippen LogP contribution in [0, 0.1) is 19.8 Å². The Hall–Kier alpha value is -3.28. The predicted molar refractivity (Wildman–Crippen MR) is 144 cm³/mol. The molecule has 5 nitrogen and oxygen atoms in total. The van der Waals surface area contributed by atoms with Crippen molar-refractivity contribution in [3.05, 3.63) is 98.5 Å². The number of hydrogen-bond donors (Lipinski definition) is 1. The molecule has 1 amide bonds. The summed E-state index contributed by atoms with van der Waals surface area (Å²) >= 11 is 12.4. The van der Waals surface area contributed by atoms with E-state index in [-0.39, 0.29) is 16.4 Å². The first-order valence-corrected chi connectivity index (χ1v) is 12.4. The Morgan fingerprint density at radius 2 is 1.67 bits per heavy atom. The van der Waals surface area contributed by atoms with E-state index in [1.165, 1.54) is 4.90 Å². The van der Waals surface area contributed by atoms with Gasteiger partial charge in [-0.05, 0) is 73.4 Å². The molecule has 3 aromatic rings. The maximum absolute atomic E-state index is 13.3. The molecule has 0 saturated carbocycles. The fourth-order valence-electron chi connectivity index (χ4n) is 4.17. The highest BCUT2D eigenvalue weighted by atomic mass is 35.5. The molecule has 0 radical (unpaired) electrons. The van der Waals surface area contributed by atoms with Gasteiger partial charge in [-0.1, -0.05) is 60.8 Å². The van der Waals surface area contributed by atoms with Crippen molar-refractivity contribution < 1.29 is 19.4 Å². The van der Waals surface area contributed by atoms with E-state index in [0.29, 0.717) is 40.1 Å². The molecule has 0 aromatic heterocycles. The van der Waals surface area contributed by atoms with Crippen molar-refractivity contribution in [3.63, 3.8) is 0 Å². The molecule has 3 aromatic carbocycles. The van der Waals surface area contributed by atoms with E-state index in [1.807, 2.05) is 26.0 Å². The van der Waals surface area contributed by atoms with Gasteiger partial charge in [-0.25, -0.2) is 0 Å². The Kier molecular flexibility index (Phi) is 7.43. The van der Waals surface area contributed by atoms with E-state index in [4.69, 9.17) is 27.9 Å². The molecule has 0 aliphatic carbocycles.